The molecule has 0 unspecified atom stereocenters. The maximum Gasteiger partial charge on any atom is 0.325 e. The zero-order chi connectivity index (χ0) is 14.3. The Bertz CT molecular complexity index is 469. The van der Waals surface area contributed by atoms with Crippen LogP contribution < -0.4 is 10.6 Å². The third-order valence-electron chi connectivity index (χ3n) is 2.26. The molecular weight excluding hydrogens is 252 g/mol. The molecule has 104 valence electrons. The van der Waals surface area contributed by atoms with E-state index in [2.05, 4.69) is 15.7 Å². The average Bonchev–Trinajstić information content (AvgIpc) is 2.69. The summed E-state index contributed by atoms with van der Waals surface area (Å²) < 4.78 is 1.52. The van der Waals surface area contributed by atoms with Gasteiger partial charge in [0, 0.05) is 26.1 Å². The molecule has 0 bridgehead atoms. The lowest BCUT2D eigenvalue weighted by Crippen LogP contribution is -2.34. The van der Waals surface area contributed by atoms with Gasteiger partial charge in [-0.05, 0) is 12.8 Å². The molecule has 1 heterocycles. The summed E-state index contributed by atoms with van der Waals surface area (Å²) in [5.74, 6) is -1.33. The summed E-state index contributed by atoms with van der Waals surface area (Å²) in [4.78, 5) is 33.0. The SMILES string of the molecule is Cn1cc(NC(=O)NC(=O)CCCCC(=O)O)cn1. The number of unbranched alkanes of at least 4 members (excludes halogenated alkanes) is 1. The van der Waals surface area contributed by atoms with Gasteiger partial charge in [-0.15, -0.1) is 0 Å². The van der Waals surface area contributed by atoms with E-state index in [1.165, 1.54) is 10.9 Å². The van der Waals surface area contributed by atoms with E-state index in [0.717, 1.165) is 0 Å². The van der Waals surface area contributed by atoms with Gasteiger partial charge in [-0.25, -0.2) is 4.79 Å². The largest absolute Gasteiger partial charge is 0.481 e. The molecule has 0 atom stereocenters. The summed E-state index contributed by atoms with van der Waals surface area (Å²) in [6.45, 7) is 0. The van der Waals surface area contributed by atoms with Crippen LogP contribution in [0.25, 0.3) is 0 Å². The Hall–Kier alpha value is -2.38. The molecule has 0 saturated carbocycles. The first-order valence-corrected chi connectivity index (χ1v) is 5.78. The Morgan fingerprint density at radius 2 is 2.00 bits per heavy atom. The van der Waals surface area contributed by atoms with Gasteiger partial charge in [-0.1, -0.05) is 0 Å². The molecule has 1 rings (SSSR count). The number of hydrogen-bond donors (Lipinski definition) is 3. The predicted octanol–water partition coefficient (Wildman–Crippen LogP) is 0.713. The van der Waals surface area contributed by atoms with Crippen molar-refractivity contribution < 1.29 is 19.5 Å². The van der Waals surface area contributed by atoms with E-state index in [-0.39, 0.29) is 12.8 Å². The minimum Gasteiger partial charge on any atom is -0.481 e. The number of urea groups is 1. The van der Waals surface area contributed by atoms with Gasteiger partial charge in [0.05, 0.1) is 11.9 Å². The van der Waals surface area contributed by atoms with Crippen molar-refractivity contribution in [2.75, 3.05) is 5.32 Å². The smallest absolute Gasteiger partial charge is 0.325 e. The van der Waals surface area contributed by atoms with Crippen molar-refractivity contribution in [3.8, 4) is 0 Å². The number of carboxylic acids is 1. The van der Waals surface area contributed by atoms with Crippen LogP contribution in [0.5, 0.6) is 0 Å². The van der Waals surface area contributed by atoms with Crippen molar-refractivity contribution in [3.63, 3.8) is 0 Å². The summed E-state index contributed by atoms with van der Waals surface area (Å²) >= 11 is 0. The molecule has 0 radical (unpaired) electrons. The molecular formula is C11H16N4O4. The summed E-state index contributed by atoms with van der Waals surface area (Å²) in [5.41, 5.74) is 0.485. The highest BCUT2D eigenvalue weighted by Crippen LogP contribution is 2.03. The molecule has 0 aromatic carbocycles. The molecule has 0 spiro atoms. The van der Waals surface area contributed by atoms with Crippen molar-refractivity contribution in [2.45, 2.75) is 25.7 Å². The van der Waals surface area contributed by atoms with E-state index in [0.29, 0.717) is 18.5 Å². The minimum absolute atomic E-state index is 0.0230. The van der Waals surface area contributed by atoms with Gasteiger partial charge >= 0.3 is 12.0 Å². The summed E-state index contributed by atoms with van der Waals surface area (Å²) in [7, 11) is 1.71. The number of nitrogens with one attached hydrogen (secondary N) is 2. The van der Waals surface area contributed by atoms with E-state index >= 15 is 0 Å². The molecule has 0 fully saturated rings. The molecule has 1 aromatic heterocycles. The normalized spacial score (nSPS) is 9.95. The molecule has 3 amide bonds. The van der Waals surface area contributed by atoms with E-state index in [1.807, 2.05) is 0 Å². The Morgan fingerprint density at radius 3 is 2.58 bits per heavy atom. The lowest BCUT2D eigenvalue weighted by molar-refractivity contribution is -0.137. The average molecular weight is 268 g/mol. The third kappa shape index (κ3) is 6.20. The van der Waals surface area contributed by atoms with Crippen molar-refractivity contribution >= 4 is 23.6 Å². The first-order valence-electron chi connectivity index (χ1n) is 5.78. The number of anilines is 1. The number of nitrogens with zero attached hydrogens (tertiary/aromatic N) is 2. The van der Waals surface area contributed by atoms with Gasteiger partial charge in [0.15, 0.2) is 0 Å². The standard InChI is InChI=1S/C11H16N4O4/c1-15-7-8(6-12-15)13-11(19)14-9(16)4-2-3-5-10(17)18/h6-7H,2-5H2,1H3,(H,17,18)(H2,13,14,16,19). The molecule has 1 aromatic rings. The van der Waals surface area contributed by atoms with Crippen molar-refractivity contribution in [2.24, 2.45) is 7.05 Å². The first kappa shape index (κ1) is 14.7. The highest BCUT2D eigenvalue weighted by atomic mass is 16.4. The fourth-order valence-corrected chi connectivity index (χ4v) is 1.40. The Morgan fingerprint density at radius 1 is 1.32 bits per heavy atom. The molecule has 19 heavy (non-hydrogen) atoms. The number of hydrogen-bond acceptors (Lipinski definition) is 4. The predicted molar refractivity (Wildman–Crippen MR) is 66.5 cm³/mol. The van der Waals surface area contributed by atoms with Gasteiger partial charge < -0.3 is 10.4 Å². The zero-order valence-electron chi connectivity index (χ0n) is 10.5. The van der Waals surface area contributed by atoms with E-state index in [4.69, 9.17) is 5.11 Å². The number of imide groups is 1. The Balaban J connectivity index is 2.21. The Kier molecular flexibility index (Phi) is 5.52. The summed E-state index contributed by atoms with van der Waals surface area (Å²) in [5, 5.41) is 16.9. The van der Waals surface area contributed by atoms with Crippen molar-refractivity contribution in [1.29, 1.82) is 0 Å². The molecule has 3 N–H and O–H groups in total. The number of aryl methyl sites for hydroxylation is 1. The molecule has 0 aliphatic heterocycles. The van der Waals surface area contributed by atoms with Crippen LogP contribution in [0.3, 0.4) is 0 Å². The molecule has 0 aliphatic rings. The maximum absolute atomic E-state index is 11.4. The second-order valence-electron chi connectivity index (χ2n) is 4.01. The number of rotatable bonds is 6. The van der Waals surface area contributed by atoms with Crippen LogP contribution in [0, 0.1) is 0 Å². The van der Waals surface area contributed by atoms with Crippen LogP contribution in [0.15, 0.2) is 12.4 Å². The number of carboxylic acid groups (broad SMARTS) is 1. The van der Waals surface area contributed by atoms with Gasteiger partial charge in [0.2, 0.25) is 5.91 Å². The van der Waals surface area contributed by atoms with E-state index < -0.39 is 17.9 Å². The van der Waals surface area contributed by atoms with Gasteiger partial charge in [0.25, 0.3) is 0 Å². The van der Waals surface area contributed by atoms with E-state index in [1.54, 1.807) is 13.2 Å². The monoisotopic (exact) mass is 268 g/mol. The fraction of sp³-hybridized carbons (Fsp3) is 0.455. The highest BCUT2D eigenvalue weighted by Gasteiger charge is 2.08. The first-order chi connectivity index (χ1) is 8.97. The van der Waals surface area contributed by atoms with Crippen LogP contribution >= 0.6 is 0 Å². The van der Waals surface area contributed by atoms with E-state index in [9.17, 15) is 14.4 Å². The number of aliphatic carboxylic acids is 1. The van der Waals surface area contributed by atoms with Crippen molar-refractivity contribution in [3.05, 3.63) is 12.4 Å². The Labute approximate surface area is 109 Å². The molecule has 0 saturated heterocycles. The minimum atomic E-state index is -0.894. The van der Waals surface area contributed by atoms with Crippen LogP contribution in [0.2, 0.25) is 0 Å². The lowest BCUT2D eigenvalue weighted by Gasteiger charge is -2.04. The second-order valence-corrected chi connectivity index (χ2v) is 4.01. The maximum atomic E-state index is 11.4. The quantitative estimate of drug-likeness (QED) is 0.658. The lowest BCUT2D eigenvalue weighted by atomic mass is 10.2. The fourth-order valence-electron chi connectivity index (χ4n) is 1.40. The van der Waals surface area contributed by atoms with Crippen LogP contribution in [0.4, 0.5) is 10.5 Å². The topological polar surface area (TPSA) is 113 Å². The van der Waals surface area contributed by atoms with Gasteiger partial charge in [-0.3, -0.25) is 19.6 Å². The third-order valence-corrected chi connectivity index (χ3v) is 2.26. The molecule has 8 heteroatoms. The molecule has 8 nitrogen and oxygen atoms in total. The summed E-state index contributed by atoms with van der Waals surface area (Å²) in [6, 6.07) is -0.628. The van der Waals surface area contributed by atoms with Gasteiger partial charge in [0.1, 0.15) is 0 Å². The number of carbonyl (C=O) groups is 3. The zero-order valence-corrected chi connectivity index (χ0v) is 10.5. The molecule has 0 aliphatic carbocycles. The van der Waals surface area contributed by atoms with Crippen LogP contribution in [-0.2, 0) is 16.6 Å². The number of amides is 3. The van der Waals surface area contributed by atoms with Gasteiger partial charge in [-0.2, -0.15) is 5.10 Å². The summed E-state index contributed by atoms with van der Waals surface area (Å²) in [6.07, 6.45) is 4.03. The second kappa shape index (κ2) is 7.14. The highest BCUT2D eigenvalue weighted by molar-refractivity contribution is 6.00. The van der Waals surface area contributed by atoms with Crippen molar-refractivity contribution in [1.82, 2.24) is 15.1 Å². The number of carbonyl (C=O) groups excluding carboxylic acids is 2. The van der Waals surface area contributed by atoms with Crippen LogP contribution in [-0.4, -0.2) is 32.8 Å². The van der Waals surface area contributed by atoms with Crippen LogP contribution in [0.1, 0.15) is 25.7 Å². The number of aromatic nitrogens is 2.